The molecule has 0 saturated heterocycles. The third kappa shape index (κ3) is 4.55. The molecule has 142 valence electrons. The Labute approximate surface area is 166 Å². The van der Waals surface area contributed by atoms with Crippen LogP contribution in [0, 0.1) is 11.3 Å². The zero-order chi connectivity index (χ0) is 20.4. The number of nitriles is 1. The van der Waals surface area contributed by atoms with Crippen LogP contribution in [0.25, 0.3) is 0 Å². The molecule has 0 aliphatic rings. The van der Waals surface area contributed by atoms with E-state index in [1.54, 1.807) is 12.1 Å². The maximum atomic E-state index is 13.1. The Kier molecular flexibility index (Phi) is 6.41. The van der Waals surface area contributed by atoms with E-state index >= 15 is 0 Å². The van der Waals surface area contributed by atoms with Crippen LogP contribution in [0.2, 0.25) is 0 Å². The van der Waals surface area contributed by atoms with Crippen LogP contribution in [0.5, 0.6) is 0 Å². The number of amides is 1. The largest absolute Gasteiger partial charge is 0.416 e. The molecule has 27 heavy (non-hydrogen) atoms. The molecular formula is C17H14BrF3N4OS. The minimum Gasteiger partial charge on any atom is -0.397 e. The number of carbonyl (C=O) groups excluding carboxylic acids is 1. The first-order chi connectivity index (χ1) is 12.6. The van der Waals surface area contributed by atoms with E-state index in [0.717, 1.165) is 6.07 Å². The predicted octanol–water partition coefficient (Wildman–Crippen LogP) is 4.55. The highest BCUT2D eigenvalue weighted by Crippen LogP contribution is 2.37. The lowest BCUT2D eigenvalue weighted by atomic mass is 10.1. The third-order valence-electron chi connectivity index (χ3n) is 3.55. The first-order valence-corrected chi connectivity index (χ1v) is 9.30. The maximum absolute atomic E-state index is 13.1. The molecule has 1 amide bonds. The Morgan fingerprint density at radius 3 is 2.56 bits per heavy atom. The fourth-order valence-corrected chi connectivity index (χ4v) is 3.49. The lowest BCUT2D eigenvalue weighted by molar-refractivity contribution is -0.137. The van der Waals surface area contributed by atoms with Gasteiger partial charge >= 0.3 is 6.18 Å². The first kappa shape index (κ1) is 21.1. The Morgan fingerprint density at radius 2 is 2.00 bits per heavy atom. The van der Waals surface area contributed by atoms with Gasteiger partial charge in [0, 0.05) is 9.37 Å². The molecule has 0 unspecified atom stereocenters. The van der Waals surface area contributed by atoms with Gasteiger partial charge in [0.25, 0.3) is 5.91 Å². The number of nitrogen functional groups attached to an aromatic ring is 1. The number of rotatable bonds is 4. The number of anilines is 2. The van der Waals surface area contributed by atoms with Crippen LogP contribution in [0.15, 0.2) is 39.7 Å². The Balaban J connectivity index is 2.56. The molecular weight excluding hydrogens is 445 g/mol. The second kappa shape index (κ2) is 8.21. The van der Waals surface area contributed by atoms with Crippen LogP contribution in [-0.2, 0) is 6.18 Å². The summed E-state index contributed by atoms with van der Waals surface area (Å²) in [5.41, 5.74) is 4.66. The van der Waals surface area contributed by atoms with Crippen LogP contribution in [0.4, 0.5) is 24.5 Å². The lowest BCUT2D eigenvalue weighted by Crippen LogP contribution is -2.38. The van der Waals surface area contributed by atoms with Crippen LogP contribution in [0.3, 0.4) is 0 Å². The number of carbonyl (C=O) groups is 1. The highest BCUT2D eigenvalue weighted by Gasteiger charge is 2.33. The van der Waals surface area contributed by atoms with Crippen molar-refractivity contribution in [3.63, 3.8) is 0 Å². The summed E-state index contributed by atoms with van der Waals surface area (Å²) in [5.74, 6) is 5.65. The summed E-state index contributed by atoms with van der Waals surface area (Å²) < 4.78 is 39.2. The number of hydrogen-bond acceptors (Lipinski definition) is 5. The van der Waals surface area contributed by atoms with Gasteiger partial charge in [0.2, 0.25) is 0 Å². The second-order valence-corrected chi connectivity index (χ2v) is 7.48. The van der Waals surface area contributed by atoms with Crippen molar-refractivity contribution in [2.45, 2.75) is 18.0 Å². The number of halogens is 4. The summed E-state index contributed by atoms with van der Waals surface area (Å²) in [6, 6.07) is 7.97. The molecule has 2 rings (SSSR count). The Hall–Kier alpha value is -2.22. The zero-order valence-electron chi connectivity index (χ0n) is 14.0. The van der Waals surface area contributed by atoms with E-state index in [1.807, 2.05) is 13.0 Å². The smallest absolute Gasteiger partial charge is 0.397 e. The van der Waals surface area contributed by atoms with E-state index in [-0.39, 0.29) is 21.4 Å². The van der Waals surface area contributed by atoms with E-state index in [2.05, 4.69) is 15.9 Å². The van der Waals surface area contributed by atoms with Crippen molar-refractivity contribution in [3.8, 4) is 6.07 Å². The molecule has 0 aromatic heterocycles. The van der Waals surface area contributed by atoms with Crippen molar-refractivity contribution in [2.24, 2.45) is 5.84 Å². The van der Waals surface area contributed by atoms with Gasteiger partial charge in [-0.05, 0) is 52.0 Å². The van der Waals surface area contributed by atoms with Crippen LogP contribution in [-0.4, -0.2) is 11.7 Å². The van der Waals surface area contributed by atoms with Gasteiger partial charge in [-0.15, -0.1) is 11.8 Å². The normalized spacial score (nSPS) is 11.1. The minimum atomic E-state index is -4.66. The summed E-state index contributed by atoms with van der Waals surface area (Å²) in [6.07, 6.45) is -4.66. The molecule has 0 aliphatic carbocycles. The molecule has 0 radical (unpaired) electrons. The average Bonchev–Trinajstić information content (AvgIpc) is 2.62. The molecule has 0 saturated carbocycles. The van der Waals surface area contributed by atoms with E-state index < -0.39 is 23.2 Å². The molecule has 10 heteroatoms. The van der Waals surface area contributed by atoms with Crippen molar-refractivity contribution in [3.05, 3.63) is 51.5 Å². The third-order valence-corrected chi connectivity index (χ3v) is 5.15. The fourth-order valence-electron chi connectivity index (χ4n) is 2.25. The molecule has 2 aromatic rings. The van der Waals surface area contributed by atoms with Crippen molar-refractivity contribution in [1.29, 1.82) is 5.26 Å². The van der Waals surface area contributed by atoms with Crippen molar-refractivity contribution in [2.75, 3.05) is 16.5 Å². The van der Waals surface area contributed by atoms with Crippen LogP contribution in [0.1, 0.15) is 28.4 Å². The molecule has 5 nitrogen and oxygen atoms in total. The van der Waals surface area contributed by atoms with E-state index in [0.29, 0.717) is 21.7 Å². The molecule has 4 N–H and O–H groups in total. The number of hydrazine groups is 1. The molecule has 0 aliphatic heterocycles. The summed E-state index contributed by atoms with van der Waals surface area (Å²) in [4.78, 5) is 13.4. The topological polar surface area (TPSA) is 96.1 Å². The number of alkyl halides is 3. The lowest BCUT2D eigenvalue weighted by Gasteiger charge is -2.22. The van der Waals surface area contributed by atoms with Gasteiger partial charge in [0.05, 0.1) is 34.1 Å². The SMILES string of the molecule is CCSc1ccc(C#N)cc1N(N)C(=O)c1cc(C(F)(F)F)cc(Br)c1N. The molecule has 0 heterocycles. The number of nitrogens with two attached hydrogens (primary N) is 2. The van der Waals surface area contributed by atoms with E-state index in [4.69, 9.17) is 16.8 Å². The Morgan fingerprint density at radius 1 is 1.33 bits per heavy atom. The summed E-state index contributed by atoms with van der Waals surface area (Å²) in [6.45, 7) is 1.89. The molecule has 0 atom stereocenters. The van der Waals surface area contributed by atoms with Crippen molar-refractivity contribution < 1.29 is 18.0 Å². The molecule has 0 fully saturated rings. The van der Waals surface area contributed by atoms with Crippen LogP contribution < -0.4 is 16.6 Å². The summed E-state index contributed by atoms with van der Waals surface area (Å²) >= 11 is 4.31. The average molecular weight is 459 g/mol. The van der Waals surface area contributed by atoms with E-state index in [1.165, 1.54) is 17.8 Å². The Bertz CT molecular complexity index is 928. The first-order valence-electron chi connectivity index (χ1n) is 7.52. The number of nitrogens with zero attached hydrogens (tertiary/aromatic N) is 2. The number of benzene rings is 2. The van der Waals surface area contributed by atoms with Crippen molar-refractivity contribution in [1.82, 2.24) is 0 Å². The van der Waals surface area contributed by atoms with Gasteiger partial charge in [-0.1, -0.05) is 6.92 Å². The number of hydrogen-bond donors (Lipinski definition) is 2. The highest BCUT2D eigenvalue weighted by molar-refractivity contribution is 9.10. The highest BCUT2D eigenvalue weighted by atomic mass is 79.9. The van der Waals surface area contributed by atoms with Gasteiger partial charge in [-0.25, -0.2) is 10.9 Å². The summed E-state index contributed by atoms with van der Waals surface area (Å²) in [7, 11) is 0. The molecule has 0 bridgehead atoms. The quantitative estimate of drug-likeness (QED) is 0.230. The minimum absolute atomic E-state index is 0.0667. The second-order valence-electron chi connectivity index (χ2n) is 5.32. The monoisotopic (exact) mass is 458 g/mol. The predicted molar refractivity (Wildman–Crippen MR) is 102 cm³/mol. The van der Waals surface area contributed by atoms with Gasteiger partial charge in [0.1, 0.15) is 0 Å². The molecule has 0 spiro atoms. The number of thioether (sulfide) groups is 1. The van der Waals surface area contributed by atoms with Gasteiger partial charge in [0.15, 0.2) is 0 Å². The fraction of sp³-hybridized carbons (Fsp3) is 0.176. The maximum Gasteiger partial charge on any atom is 0.416 e. The van der Waals surface area contributed by atoms with E-state index in [9.17, 15) is 18.0 Å². The van der Waals surface area contributed by atoms with Gasteiger partial charge < -0.3 is 5.73 Å². The van der Waals surface area contributed by atoms with Crippen molar-refractivity contribution >= 4 is 45.0 Å². The van der Waals surface area contributed by atoms with Gasteiger partial charge in [-0.2, -0.15) is 18.4 Å². The standard InChI is InChI=1S/C17H14BrF3N4OS/c1-2-27-14-4-3-9(8-22)5-13(14)25(24)16(26)11-6-10(17(19,20)21)7-12(18)15(11)23/h3-7H,2,23-24H2,1H3. The summed E-state index contributed by atoms with van der Waals surface area (Å²) in [5, 5.41) is 9.78. The van der Waals surface area contributed by atoms with Crippen LogP contribution >= 0.6 is 27.7 Å². The zero-order valence-corrected chi connectivity index (χ0v) is 16.4. The molecule has 2 aromatic carbocycles. The van der Waals surface area contributed by atoms with Gasteiger partial charge in [-0.3, -0.25) is 4.79 Å².